The zero-order valence-corrected chi connectivity index (χ0v) is 14.8. The second-order valence-electron chi connectivity index (χ2n) is 6.12. The van der Waals surface area contributed by atoms with Crippen molar-refractivity contribution in [2.45, 2.75) is 27.2 Å². The lowest BCUT2D eigenvalue weighted by atomic mass is 10.1. The van der Waals surface area contributed by atoms with Crippen molar-refractivity contribution in [1.82, 2.24) is 9.88 Å². The van der Waals surface area contributed by atoms with Gasteiger partial charge in [-0.3, -0.25) is 4.79 Å². The Hall–Kier alpha value is -1.88. The van der Waals surface area contributed by atoms with Gasteiger partial charge in [0.1, 0.15) is 0 Å². The number of carbonyl (C=O) groups is 1. The van der Waals surface area contributed by atoms with E-state index in [0.717, 1.165) is 36.8 Å². The maximum absolute atomic E-state index is 12.5. The molecule has 4 nitrogen and oxygen atoms in total. The lowest BCUT2D eigenvalue weighted by Crippen LogP contribution is -2.49. The first-order chi connectivity index (χ1) is 11.1. The second-order valence-corrected chi connectivity index (χ2v) is 7.06. The first-order valence-corrected chi connectivity index (χ1v) is 8.92. The fourth-order valence-corrected chi connectivity index (χ4v) is 3.79. The third-order valence-corrected chi connectivity index (χ3v) is 5.64. The minimum atomic E-state index is 0.220. The molecule has 0 unspecified atom stereocenters. The predicted octanol–water partition coefficient (Wildman–Crippen LogP) is 2.96. The van der Waals surface area contributed by atoms with Crippen LogP contribution in [0.1, 0.15) is 21.7 Å². The molecule has 3 rings (SSSR count). The quantitative estimate of drug-likeness (QED) is 0.869. The van der Waals surface area contributed by atoms with E-state index < -0.39 is 0 Å². The number of nitrogens with zero attached hydrogens (tertiary/aromatic N) is 3. The van der Waals surface area contributed by atoms with Crippen molar-refractivity contribution in [1.29, 1.82) is 0 Å². The standard InChI is InChI=1S/C18H23N3OS/c1-13-5-4-6-16(14(13)2)20-7-9-21(10-8-20)18(22)11-17-15(3)19-12-23-17/h4-6,12H,7-11H2,1-3H3. The van der Waals surface area contributed by atoms with Gasteiger partial charge in [0.25, 0.3) is 0 Å². The van der Waals surface area contributed by atoms with Gasteiger partial charge in [-0.1, -0.05) is 12.1 Å². The molecule has 1 amide bonds. The summed E-state index contributed by atoms with van der Waals surface area (Å²) in [7, 11) is 0. The van der Waals surface area contributed by atoms with Gasteiger partial charge in [-0.05, 0) is 38.0 Å². The van der Waals surface area contributed by atoms with Crippen LogP contribution < -0.4 is 4.90 Å². The Labute approximate surface area is 141 Å². The first kappa shape index (κ1) is 16.0. The molecule has 2 aromatic rings. The number of thiazole rings is 1. The van der Waals surface area contributed by atoms with Gasteiger partial charge in [0.2, 0.25) is 5.91 Å². The fourth-order valence-electron chi connectivity index (χ4n) is 3.02. The molecular formula is C18H23N3OS. The highest BCUT2D eigenvalue weighted by Crippen LogP contribution is 2.24. The van der Waals surface area contributed by atoms with Crippen molar-refractivity contribution in [3.63, 3.8) is 0 Å². The zero-order chi connectivity index (χ0) is 16.4. The van der Waals surface area contributed by atoms with Crippen LogP contribution in [0, 0.1) is 20.8 Å². The Kier molecular flexibility index (Phi) is 4.66. The van der Waals surface area contributed by atoms with Crippen molar-refractivity contribution >= 4 is 22.9 Å². The van der Waals surface area contributed by atoms with E-state index >= 15 is 0 Å². The zero-order valence-electron chi connectivity index (χ0n) is 14.0. The van der Waals surface area contributed by atoms with Crippen LogP contribution in [0.25, 0.3) is 0 Å². The number of hydrogen-bond acceptors (Lipinski definition) is 4. The number of rotatable bonds is 3. The molecule has 1 aliphatic rings. The minimum Gasteiger partial charge on any atom is -0.368 e. The van der Waals surface area contributed by atoms with Crippen LogP contribution in [0.3, 0.4) is 0 Å². The van der Waals surface area contributed by atoms with Crippen molar-refractivity contribution < 1.29 is 4.79 Å². The third-order valence-electron chi connectivity index (χ3n) is 4.71. The molecule has 0 aliphatic carbocycles. The summed E-state index contributed by atoms with van der Waals surface area (Å²) in [4.78, 5) is 22.2. The lowest BCUT2D eigenvalue weighted by molar-refractivity contribution is -0.130. The topological polar surface area (TPSA) is 36.4 Å². The summed E-state index contributed by atoms with van der Waals surface area (Å²) in [6.07, 6.45) is 0.486. The van der Waals surface area contributed by atoms with Gasteiger partial charge >= 0.3 is 0 Å². The van der Waals surface area contributed by atoms with Crippen LogP contribution in [-0.4, -0.2) is 42.0 Å². The molecule has 0 bridgehead atoms. The van der Waals surface area contributed by atoms with Crippen molar-refractivity contribution in [2.75, 3.05) is 31.1 Å². The Bertz CT molecular complexity index is 702. The highest BCUT2D eigenvalue weighted by Gasteiger charge is 2.23. The molecular weight excluding hydrogens is 306 g/mol. The Morgan fingerprint density at radius 3 is 2.57 bits per heavy atom. The molecule has 5 heteroatoms. The number of carbonyl (C=O) groups excluding carboxylic acids is 1. The van der Waals surface area contributed by atoms with Crippen LogP contribution in [0.15, 0.2) is 23.7 Å². The van der Waals surface area contributed by atoms with E-state index in [9.17, 15) is 4.79 Å². The van der Waals surface area contributed by atoms with Crippen molar-refractivity contribution in [3.05, 3.63) is 45.4 Å². The number of benzene rings is 1. The van der Waals surface area contributed by atoms with Crippen molar-refractivity contribution in [2.24, 2.45) is 0 Å². The highest BCUT2D eigenvalue weighted by atomic mass is 32.1. The summed E-state index contributed by atoms with van der Waals surface area (Å²) in [6.45, 7) is 9.69. The molecule has 1 fully saturated rings. The monoisotopic (exact) mass is 329 g/mol. The van der Waals surface area contributed by atoms with E-state index in [0.29, 0.717) is 6.42 Å². The molecule has 0 atom stereocenters. The van der Waals surface area contributed by atoms with E-state index in [-0.39, 0.29) is 5.91 Å². The molecule has 0 N–H and O–H groups in total. The maximum atomic E-state index is 12.5. The molecule has 1 aliphatic heterocycles. The van der Waals surface area contributed by atoms with E-state index in [1.165, 1.54) is 16.8 Å². The number of anilines is 1. The average Bonchev–Trinajstić information content (AvgIpc) is 2.95. The van der Waals surface area contributed by atoms with Crippen LogP contribution in [0.5, 0.6) is 0 Å². The molecule has 1 saturated heterocycles. The molecule has 1 aromatic carbocycles. The Morgan fingerprint density at radius 1 is 1.17 bits per heavy atom. The van der Waals surface area contributed by atoms with Crippen LogP contribution in [-0.2, 0) is 11.2 Å². The largest absolute Gasteiger partial charge is 0.368 e. The van der Waals surface area contributed by atoms with E-state index in [4.69, 9.17) is 0 Å². The van der Waals surface area contributed by atoms with Gasteiger partial charge in [-0.15, -0.1) is 11.3 Å². The normalized spacial score (nSPS) is 15.1. The molecule has 0 saturated carbocycles. The summed E-state index contributed by atoms with van der Waals surface area (Å²) in [6, 6.07) is 6.44. The summed E-state index contributed by atoms with van der Waals surface area (Å²) in [5, 5.41) is 0. The van der Waals surface area contributed by atoms with Crippen LogP contribution >= 0.6 is 11.3 Å². The van der Waals surface area contributed by atoms with Gasteiger partial charge in [0, 0.05) is 36.7 Å². The number of piperazine rings is 1. The summed E-state index contributed by atoms with van der Waals surface area (Å²) >= 11 is 1.57. The lowest BCUT2D eigenvalue weighted by Gasteiger charge is -2.37. The molecule has 0 spiro atoms. The van der Waals surface area contributed by atoms with Gasteiger partial charge in [0.15, 0.2) is 0 Å². The smallest absolute Gasteiger partial charge is 0.228 e. The fraction of sp³-hybridized carbons (Fsp3) is 0.444. The third kappa shape index (κ3) is 3.39. The SMILES string of the molecule is Cc1cccc(N2CCN(C(=O)Cc3scnc3C)CC2)c1C. The number of aromatic nitrogens is 1. The summed E-state index contributed by atoms with van der Waals surface area (Å²) in [5.41, 5.74) is 6.76. The first-order valence-electron chi connectivity index (χ1n) is 8.04. The predicted molar refractivity (Wildman–Crippen MR) is 95.3 cm³/mol. The van der Waals surface area contributed by atoms with Gasteiger partial charge < -0.3 is 9.80 Å². The molecule has 122 valence electrons. The highest BCUT2D eigenvalue weighted by molar-refractivity contribution is 7.09. The van der Waals surface area contributed by atoms with Gasteiger partial charge in [-0.25, -0.2) is 4.98 Å². The molecule has 23 heavy (non-hydrogen) atoms. The summed E-state index contributed by atoms with van der Waals surface area (Å²) < 4.78 is 0. The van der Waals surface area contributed by atoms with E-state index in [2.05, 4.69) is 41.9 Å². The minimum absolute atomic E-state index is 0.220. The summed E-state index contributed by atoms with van der Waals surface area (Å²) in [5.74, 6) is 0.220. The Morgan fingerprint density at radius 2 is 1.91 bits per heavy atom. The van der Waals surface area contributed by atoms with E-state index in [1.54, 1.807) is 11.3 Å². The maximum Gasteiger partial charge on any atom is 0.228 e. The molecule has 1 aromatic heterocycles. The Balaban J connectivity index is 1.61. The number of hydrogen-bond donors (Lipinski definition) is 0. The van der Waals surface area contributed by atoms with E-state index in [1.807, 2.05) is 17.3 Å². The molecule has 2 heterocycles. The van der Waals surface area contributed by atoms with Crippen LogP contribution in [0.4, 0.5) is 5.69 Å². The second kappa shape index (κ2) is 6.71. The van der Waals surface area contributed by atoms with Gasteiger partial charge in [-0.2, -0.15) is 0 Å². The van der Waals surface area contributed by atoms with Gasteiger partial charge in [0.05, 0.1) is 17.6 Å². The molecule has 0 radical (unpaired) electrons. The van der Waals surface area contributed by atoms with Crippen LogP contribution in [0.2, 0.25) is 0 Å². The number of aryl methyl sites for hydroxylation is 2. The average molecular weight is 329 g/mol. The number of amides is 1. The van der Waals surface area contributed by atoms with Crippen molar-refractivity contribution in [3.8, 4) is 0 Å².